The van der Waals surface area contributed by atoms with Crippen LogP contribution in [0.2, 0.25) is 0 Å². The van der Waals surface area contributed by atoms with Crippen molar-refractivity contribution in [3.05, 3.63) is 54.6 Å². The van der Waals surface area contributed by atoms with Crippen LogP contribution in [0, 0.1) is 6.92 Å². The Hall–Kier alpha value is -3.88. The van der Waals surface area contributed by atoms with Crippen LogP contribution in [-0.4, -0.2) is 55.8 Å². The molecule has 9 nitrogen and oxygen atoms in total. The largest absolute Gasteiger partial charge is 0.508 e. The van der Waals surface area contributed by atoms with Crippen molar-refractivity contribution < 1.29 is 5.11 Å². The lowest BCUT2D eigenvalue weighted by molar-refractivity contribution is 0.475. The molecule has 1 aliphatic rings. The molecule has 1 aliphatic heterocycles. The SMILES string of the molecule is Cc1ccncc1-n1cnc2c(N)nc(N3CCN(c4ccc(O)cc4)CC3)nc21. The van der Waals surface area contributed by atoms with Crippen molar-refractivity contribution in [3.63, 3.8) is 0 Å². The van der Waals surface area contributed by atoms with Gasteiger partial charge in [0.15, 0.2) is 17.0 Å². The molecule has 0 saturated carbocycles. The molecule has 3 N–H and O–H groups in total. The number of piperazine rings is 1. The van der Waals surface area contributed by atoms with Crippen molar-refractivity contribution in [1.29, 1.82) is 0 Å². The van der Waals surface area contributed by atoms with E-state index in [4.69, 9.17) is 10.7 Å². The zero-order valence-corrected chi connectivity index (χ0v) is 16.6. The smallest absolute Gasteiger partial charge is 0.229 e. The Bertz CT molecular complexity index is 1200. The quantitative estimate of drug-likeness (QED) is 0.536. The Balaban J connectivity index is 1.43. The molecule has 1 aromatic carbocycles. The zero-order chi connectivity index (χ0) is 20.7. The second-order valence-corrected chi connectivity index (χ2v) is 7.35. The van der Waals surface area contributed by atoms with Crippen LogP contribution in [0.1, 0.15) is 5.56 Å². The van der Waals surface area contributed by atoms with Gasteiger partial charge in [-0.15, -0.1) is 0 Å². The number of aromatic nitrogens is 5. The van der Waals surface area contributed by atoms with Crippen LogP contribution in [0.4, 0.5) is 17.5 Å². The molecule has 4 heterocycles. The standard InChI is InChI=1S/C21H22N8O/c1-14-6-7-23-12-17(14)29-13-24-18-19(22)25-21(26-20(18)29)28-10-8-27(9-11-28)15-2-4-16(30)5-3-15/h2-7,12-13,30H,8-11H2,1H3,(H2,22,25,26). The summed E-state index contributed by atoms with van der Waals surface area (Å²) >= 11 is 0. The summed E-state index contributed by atoms with van der Waals surface area (Å²) in [4.78, 5) is 22.4. The number of anilines is 3. The Labute approximate surface area is 173 Å². The van der Waals surface area contributed by atoms with Crippen LogP contribution >= 0.6 is 0 Å². The van der Waals surface area contributed by atoms with Crippen LogP contribution in [0.5, 0.6) is 5.75 Å². The lowest BCUT2D eigenvalue weighted by atomic mass is 10.2. The summed E-state index contributed by atoms with van der Waals surface area (Å²) in [5, 5.41) is 9.50. The molecular weight excluding hydrogens is 380 g/mol. The third kappa shape index (κ3) is 3.14. The predicted molar refractivity (Wildman–Crippen MR) is 116 cm³/mol. The highest BCUT2D eigenvalue weighted by atomic mass is 16.3. The highest BCUT2D eigenvalue weighted by Crippen LogP contribution is 2.26. The Morgan fingerprint density at radius 2 is 1.70 bits per heavy atom. The number of nitrogen functional groups attached to an aromatic ring is 1. The number of nitrogens with two attached hydrogens (primary N) is 1. The zero-order valence-electron chi connectivity index (χ0n) is 16.6. The van der Waals surface area contributed by atoms with Crippen LogP contribution in [0.25, 0.3) is 16.9 Å². The van der Waals surface area contributed by atoms with Crippen molar-refractivity contribution in [1.82, 2.24) is 24.5 Å². The number of rotatable bonds is 3. The Kier molecular flexibility index (Phi) is 4.35. The van der Waals surface area contributed by atoms with Crippen LogP contribution < -0.4 is 15.5 Å². The van der Waals surface area contributed by atoms with Gasteiger partial charge in [-0.25, -0.2) is 4.98 Å². The van der Waals surface area contributed by atoms with Crippen LogP contribution in [0.3, 0.4) is 0 Å². The van der Waals surface area contributed by atoms with E-state index in [9.17, 15) is 5.11 Å². The van der Waals surface area contributed by atoms with Gasteiger partial charge in [0.25, 0.3) is 0 Å². The summed E-state index contributed by atoms with van der Waals surface area (Å²) in [6.07, 6.45) is 5.28. The third-order valence-electron chi connectivity index (χ3n) is 5.46. The minimum atomic E-state index is 0.273. The first-order chi connectivity index (χ1) is 14.6. The van der Waals surface area contributed by atoms with Gasteiger partial charge in [0.1, 0.15) is 12.1 Å². The normalized spacial score (nSPS) is 14.4. The summed E-state index contributed by atoms with van der Waals surface area (Å²) in [7, 11) is 0. The second-order valence-electron chi connectivity index (χ2n) is 7.35. The minimum absolute atomic E-state index is 0.273. The summed E-state index contributed by atoms with van der Waals surface area (Å²) in [6.45, 7) is 5.22. The second kappa shape index (κ2) is 7.18. The summed E-state index contributed by atoms with van der Waals surface area (Å²) < 4.78 is 1.91. The van der Waals surface area contributed by atoms with Crippen molar-refractivity contribution in [2.75, 3.05) is 41.7 Å². The fraction of sp³-hybridized carbons (Fsp3) is 0.238. The molecule has 0 unspecified atom stereocenters. The van der Waals surface area contributed by atoms with E-state index in [-0.39, 0.29) is 5.75 Å². The Morgan fingerprint density at radius 3 is 2.43 bits per heavy atom. The molecule has 0 atom stereocenters. The van der Waals surface area contributed by atoms with E-state index in [0.717, 1.165) is 43.1 Å². The van der Waals surface area contributed by atoms with Gasteiger partial charge in [0.2, 0.25) is 5.95 Å². The van der Waals surface area contributed by atoms with E-state index in [2.05, 4.69) is 24.8 Å². The topological polar surface area (TPSA) is 109 Å². The van der Waals surface area contributed by atoms with Gasteiger partial charge in [-0.1, -0.05) is 0 Å². The van der Waals surface area contributed by atoms with E-state index in [1.807, 2.05) is 29.7 Å². The number of aryl methyl sites for hydroxylation is 1. The van der Waals surface area contributed by atoms with E-state index in [0.29, 0.717) is 22.9 Å². The molecule has 30 heavy (non-hydrogen) atoms. The average Bonchev–Trinajstić information content (AvgIpc) is 3.19. The fourth-order valence-electron chi connectivity index (χ4n) is 3.76. The van der Waals surface area contributed by atoms with Crippen LogP contribution in [0.15, 0.2) is 49.1 Å². The summed E-state index contributed by atoms with van der Waals surface area (Å²) in [5.41, 5.74) is 10.6. The minimum Gasteiger partial charge on any atom is -0.508 e. The molecule has 0 bridgehead atoms. The molecule has 9 heteroatoms. The highest BCUT2D eigenvalue weighted by molar-refractivity contribution is 5.84. The molecule has 4 aromatic rings. The number of phenols is 1. The number of fused-ring (bicyclic) bond motifs is 1. The van der Waals surface area contributed by atoms with Crippen molar-refractivity contribution in [3.8, 4) is 11.4 Å². The van der Waals surface area contributed by atoms with E-state index >= 15 is 0 Å². The fourth-order valence-corrected chi connectivity index (χ4v) is 3.76. The maximum atomic E-state index is 9.50. The van der Waals surface area contributed by atoms with Gasteiger partial charge in [-0.3, -0.25) is 9.55 Å². The highest BCUT2D eigenvalue weighted by Gasteiger charge is 2.22. The third-order valence-corrected chi connectivity index (χ3v) is 5.46. The van der Waals surface area contributed by atoms with Crippen molar-refractivity contribution in [2.45, 2.75) is 6.92 Å². The van der Waals surface area contributed by atoms with Crippen molar-refractivity contribution in [2.24, 2.45) is 0 Å². The lowest BCUT2D eigenvalue weighted by Crippen LogP contribution is -2.47. The number of hydrogen-bond donors (Lipinski definition) is 2. The van der Waals surface area contributed by atoms with Gasteiger partial charge in [0, 0.05) is 38.1 Å². The molecule has 0 spiro atoms. The van der Waals surface area contributed by atoms with E-state index in [1.165, 1.54) is 0 Å². The maximum Gasteiger partial charge on any atom is 0.229 e. The molecular formula is C21H22N8O. The number of imidazole rings is 1. The van der Waals surface area contributed by atoms with Gasteiger partial charge >= 0.3 is 0 Å². The number of benzene rings is 1. The lowest BCUT2D eigenvalue weighted by Gasteiger charge is -2.36. The average molecular weight is 402 g/mol. The molecule has 1 fully saturated rings. The van der Waals surface area contributed by atoms with E-state index < -0.39 is 0 Å². The molecule has 0 aliphatic carbocycles. The number of phenolic OH excluding ortho intramolecular Hbond substituents is 1. The molecule has 5 rings (SSSR count). The van der Waals surface area contributed by atoms with Crippen molar-refractivity contribution >= 4 is 28.6 Å². The Morgan fingerprint density at radius 1 is 0.967 bits per heavy atom. The summed E-state index contributed by atoms with van der Waals surface area (Å²) in [6, 6.07) is 9.23. The van der Waals surface area contributed by atoms with Gasteiger partial charge in [0.05, 0.1) is 11.9 Å². The molecule has 152 valence electrons. The number of aromatic hydroxyl groups is 1. The predicted octanol–water partition coefficient (Wildman–Crippen LogP) is 2.13. The summed E-state index contributed by atoms with van der Waals surface area (Å²) in [5.74, 6) is 1.25. The molecule has 1 saturated heterocycles. The van der Waals surface area contributed by atoms with Gasteiger partial charge in [-0.05, 0) is 42.8 Å². The van der Waals surface area contributed by atoms with Crippen LogP contribution in [-0.2, 0) is 0 Å². The van der Waals surface area contributed by atoms with Gasteiger partial charge < -0.3 is 20.6 Å². The number of nitrogens with zero attached hydrogens (tertiary/aromatic N) is 7. The number of hydrogen-bond acceptors (Lipinski definition) is 8. The van der Waals surface area contributed by atoms with Gasteiger partial charge in [-0.2, -0.15) is 9.97 Å². The molecule has 3 aromatic heterocycles. The first-order valence-corrected chi connectivity index (χ1v) is 9.80. The number of pyridine rings is 1. The molecule has 0 amide bonds. The first-order valence-electron chi connectivity index (χ1n) is 9.80. The van der Waals surface area contributed by atoms with E-state index in [1.54, 1.807) is 30.9 Å². The maximum absolute atomic E-state index is 9.50. The first kappa shape index (κ1) is 18.2. The molecule has 0 radical (unpaired) electrons. The monoisotopic (exact) mass is 402 g/mol.